The summed E-state index contributed by atoms with van der Waals surface area (Å²) in [7, 11) is 0. The molecule has 3 aromatic rings. The van der Waals surface area contributed by atoms with Gasteiger partial charge in [0, 0.05) is 27.9 Å². The lowest BCUT2D eigenvalue weighted by molar-refractivity contribution is 0.481. The summed E-state index contributed by atoms with van der Waals surface area (Å²) in [6, 6.07) is 19.8. The van der Waals surface area contributed by atoms with E-state index >= 15 is 0 Å². The van der Waals surface area contributed by atoms with E-state index in [0.717, 1.165) is 39.0 Å². The molecule has 0 amide bonds. The number of halogens is 1. The monoisotopic (exact) mass is 395 g/mol. The predicted molar refractivity (Wildman–Crippen MR) is 114 cm³/mol. The van der Waals surface area contributed by atoms with Crippen molar-refractivity contribution in [1.82, 2.24) is 4.83 Å². The van der Waals surface area contributed by atoms with Gasteiger partial charge in [0.1, 0.15) is 0 Å². The van der Waals surface area contributed by atoms with Crippen LogP contribution in [0.15, 0.2) is 70.7 Å². The molecule has 4 nitrogen and oxygen atoms in total. The summed E-state index contributed by atoms with van der Waals surface area (Å²) in [5.41, 5.74) is 4.95. The second kappa shape index (κ2) is 7.55. The van der Waals surface area contributed by atoms with Crippen molar-refractivity contribution in [3.8, 4) is 11.5 Å². The smallest absolute Gasteiger partial charge is 0.152 e. The van der Waals surface area contributed by atoms with Gasteiger partial charge in [-0.2, -0.15) is 5.10 Å². The fourth-order valence-electron chi connectivity index (χ4n) is 2.70. The van der Waals surface area contributed by atoms with Gasteiger partial charge in [0.15, 0.2) is 11.5 Å². The number of nitrogens with one attached hydrogen (secondary N) is 2. The number of nitrogens with zero attached hydrogens (tertiary/aromatic N) is 1. The third-order valence-corrected chi connectivity index (χ3v) is 5.15. The zero-order chi connectivity index (χ0) is 18.8. The minimum absolute atomic E-state index is 0.649. The van der Waals surface area contributed by atoms with Gasteiger partial charge in [-0.05, 0) is 61.9 Å². The van der Waals surface area contributed by atoms with Gasteiger partial charge in [0.2, 0.25) is 0 Å². The van der Waals surface area contributed by atoms with Crippen molar-refractivity contribution in [2.75, 3.05) is 5.32 Å². The molecule has 0 radical (unpaired) electrons. The zero-order valence-electron chi connectivity index (χ0n) is 14.9. The maximum Gasteiger partial charge on any atom is 0.152 e. The molecule has 0 atom stereocenters. The average Bonchev–Trinajstić information content (AvgIpc) is 2.67. The van der Waals surface area contributed by atoms with E-state index in [9.17, 15) is 0 Å². The maximum absolute atomic E-state index is 6.04. The van der Waals surface area contributed by atoms with Crippen molar-refractivity contribution >= 4 is 40.6 Å². The van der Waals surface area contributed by atoms with Gasteiger partial charge >= 0.3 is 0 Å². The van der Waals surface area contributed by atoms with Crippen LogP contribution in [0.5, 0.6) is 11.5 Å². The van der Waals surface area contributed by atoms with Crippen molar-refractivity contribution in [1.29, 1.82) is 0 Å². The van der Waals surface area contributed by atoms with Crippen LogP contribution in [0.25, 0.3) is 0 Å². The van der Waals surface area contributed by atoms with Crippen molar-refractivity contribution in [3.63, 3.8) is 0 Å². The van der Waals surface area contributed by atoms with E-state index in [4.69, 9.17) is 16.3 Å². The summed E-state index contributed by atoms with van der Waals surface area (Å²) in [4.78, 5) is 4.18. The van der Waals surface area contributed by atoms with Crippen LogP contribution in [0.4, 0.5) is 11.4 Å². The van der Waals surface area contributed by atoms with E-state index in [-0.39, 0.29) is 0 Å². The number of anilines is 2. The average molecular weight is 396 g/mol. The molecular weight excluding hydrogens is 378 g/mol. The highest BCUT2D eigenvalue weighted by molar-refractivity contribution is 7.97. The Morgan fingerprint density at radius 3 is 2.63 bits per heavy atom. The van der Waals surface area contributed by atoms with E-state index in [0.29, 0.717) is 5.02 Å². The van der Waals surface area contributed by atoms with Gasteiger partial charge in [-0.1, -0.05) is 29.3 Å². The van der Waals surface area contributed by atoms with Crippen molar-refractivity contribution in [2.24, 2.45) is 5.10 Å². The molecule has 27 heavy (non-hydrogen) atoms. The number of fused-ring (bicyclic) bond motifs is 2. The summed E-state index contributed by atoms with van der Waals surface area (Å²) in [6.45, 7) is 4.05. The van der Waals surface area contributed by atoms with Crippen molar-refractivity contribution < 1.29 is 4.74 Å². The van der Waals surface area contributed by atoms with E-state index in [2.05, 4.69) is 46.4 Å². The number of ether oxygens (including phenoxy) is 1. The van der Waals surface area contributed by atoms with Crippen LogP contribution in [0.3, 0.4) is 0 Å². The summed E-state index contributed by atoms with van der Waals surface area (Å²) in [6.07, 6.45) is 0. The Balaban J connectivity index is 1.47. The Hall–Kier alpha value is -2.63. The molecule has 0 saturated heterocycles. The second-order valence-corrected chi connectivity index (χ2v) is 7.58. The number of hydrogen-bond acceptors (Lipinski definition) is 5. The van der Waals surface area contributed by atoms with Crippen LogP contribution in [0, 0.1) is 6.92 Å². The molecule has 0 spiro atoms. The number of rotatable bonds is 4. The van der Waals surface area contributed by atoms with E-state index in [1.54, 1.807) is 6.07 Å². The van der Waals surface area contributed by atoms with E-state index in [1.807, 2.05) is 37.3 Å². The Bertz CT molecular complexity index is 1020. The quantitative estimate of drug-likeness (QED) is 0.234. The first kappa shape index (κ1) is 17.8. The van der Waals surface area contributed by atoms with Crippen LogP contribution < -0.4 is 14.9 Å². The summed E-state index contributed by atoms with van der Waals surface area (Å²) in [5.74, 6) is 1.49. The largest absolute Gasteiger partial charge is 0.453 e. The summed E-state index contributed by atoms with van der Waals surface area (Å²) >= 11 is 7.52. The first-order valence-corrected chi connectivity index (χ1v) is 9.69. The lowest BCUT2D eigenvalue weighted by Crippen LogP contribution is -2.06. The third kappa shape index (κ3) is 4.04. The fourth-order valence-corrected chi connectivity index (χ4v) is 3.43. The highest BCUT2D eigenvalue weighted by atomic mass is 35.5. The molecular formula is C21H18ClN3OS. The molecule has 0 aliphatic carbocycles. The molecule has 136 valence electrons. The topological polar surface area (TPSA) is 45.7 Å². The third-order valence-electron chi connectivity index (χ3n) is 4.23. The zero-order valence-corrected chi connectivity index (χ0v) is 16.5. The molecule has 1 aliphatic rings. The highest BCUT2D eigenvalue weighted by Gasteiger charge is 2.17. The standard InChI is InChI=1S/C21H18ClN3OS/c1-13-3-7-17(8-4-13)27-25-24-14(2)15-5-10-20-19(11-15)23-18-9-6-16(22)12-21(18)26-20/h3-12,23,25H,1-2H3/b24-14+. The molecule has 2 N–H and O–H groups in total. The normalized spacial score (nSPS) is 12.5. The van der Waals surface area contributed by atoms with Crippen LogP contribution in [-0.2, 0) is 0 Å². The van der Waals surface area contributed by atoms with Crippen LogP contribution in [0.2, 0.25) is 5.02 Å². The van der Waals surface area contributed by atoms with Gasteiger partial charge in [0.25, 0.3) is 0 Å². The molecule has 3 aromatic carbocycles. The van der Waals surface area contributed by atoms with Gasteiger partial charge in [-0.25, -0.2) is 4.83 Å². The number of hydrazone groups is 1. The SMILES string of the molecule is C/C(=N\NSc1ccc(C)cc1)c1ccc2c(c1)Nc1ccc(Cl)cc1O2. The Morgan fingerprint density at radius 1 is 1.00 bits per heavy atom. The number of benzene rings is 3. The molecule has 4 rings (SSSR count). The molecule has 0 saturated carbocycles. The summed E-state index contributed by atoms with van der Waals surface area (Å²) < 4.78 is 5.94. The molecule has 0 unspecified atom stereocenters. The van der Waals surface area contributed by atoms with E-state index in [1.165, 1.54) is 17.5 Å². The molecule has 0 fully saturated rings. The van der Waals surface area contributed by atoms with Gasteiger partial charge in [-0.3, -0.25) is 0 Å². The lowest BCUT2D eigenvalue weighted by atomic mass is 10.1. The van der Waals surface area contributed by atoms with Crippen molar-refractivity contribution in [2.45, 2.75) is 18.7 Å². The molecule has 0 bridgehead atoms. The molecule has 1 heterocycles. The predicted octanol–water partition coefficient (Wildman–Crippen LogP) is 6.52. The van der Waals surface area contributed by atoms with E-state index < -0.39 is 0 Å². The number of aryl methyl sites for hydroxylation is 1. The highest BCUT2D eigenvalue weighted by Crippen LogP contribution is 2.43. The molecule has 0 aromatic heterocycles. The number of hydrogen-bond donors (Lipinski definition) is 2. The first-order chi connectivity index (χ1) is 13.1. The Kier molecular flexibility index (Phi) is 4.97. The maximum atomic E-state index is 6.04. The van der Waals surface area contributed by atoms with Gasteiger partial charge in [0.05, 0.1) is 17.1 Å². The minimum Gasteiger partial charge on any atom is -0.453 e. The minimum atomic E-state index is 0.649. The second-order valence-electron chi connectivity index (χ2n) is 6.28. The Morgan fingerprint density at radius 2 is 1.81 bits per heavy atom. The summed E-state index contributed by atoms with van der Waals surface area (Å²) in [5, 5.41) is 8.50. The Labute approximate surface area is 167 Å². The fraction of sp³-hybridized carbons (Fsp3) is 0.0952. The van der Waals surface area contributed by atoms with Crippen LogP contribution >= 0.6 is 23.5 Å². The molecule has 6 heteroatoms. The first-order valence-electron chi connectivity index (χ1n) is 8.50. The molecule has 1 aliphatic heterocycles. The van der Waals surface area contributed by atoms with Crippen molar-refractivity contribution in [3.05, 3.63) is 76.8 Å². The lowest BCUT2D eigenvalue weighted by Gasteiger charge is -2.22. The van der Waals surface area contributed by atoms with Crippen LogP contribution in [-0.4, -0.2) is 5.71 Å². The van der Waals surface area contributed by atoms with Crippen LogP contribution in [0.1, 0.15) is 18.1 Å². The van der Waals surface area contributed by atoms with Gasteiger partial charge in [-0.15, -0.1) is 0 Å². The van der Waals surface area contributed by atoms with Gasteiger partial charge < -0.3 is 10.1 Å².